The minimum absolute atomic E-state index is 0.174. The van der Waals surface area contributed by atoms with Crippen molar-refractivity contribution in [3.05, 3.63) is 28.2 Å². The molecule has 1 rings (SSSR count). The van der Waals surface area contributed by atoms with Crippen molar-refractivity contribution in [2.45, 2.75) is 32.6 Å². The molecule has 1 aromatic rings. The molecule has 1 nitrogen and oxygen atoms in total. The maximum atomic E-state index is 6.27. The summed E-state index contributed by atoms with van der Waals surface area (Å²) in [5, 5.41) is 0.174. The maximum Gasteiger partial charge on any atom is 0.119 e. The molecule has 0 saturated carbocycles. The molecule has 2 atom stereocenters. The van der Waals surface area contributed by atoms with Gasteiger partial charge in [0.1, 0.15) is 5.75 Å². The molecule has 0 amide bonds. The third kappa shape index (κ3) is 4.18. The molecule has 0 aromatic heterocycles. The molecule has 0 N–H and O–H groups in total. The second-order valence-electron chi connectivity index (χ2n) is 4.75. The van der Waals surface area contributed by atoms with Crippen LogP contribution in [0.25, 0.3) is 0 Å². The third-order valence-electron chi connectivity index (χ3n) is 3.15. The zero-order valence-corrected chi connectivity index (χ0v) is 13.2. The van der Waals surface area contributed by atoms with Crippen LogP contribution in [0.2, 0.25) is 0 Å². The average molecular weight is 320 g/mol. The molecule has 0 saturated heterocycles. The fourth-order valence-electron chi connectivity index (χ4n) is 2.02. The predicted molar refractivity (Wildman–Crippen MR) is 78.0 cm³/mol. The number of rotatable bonds is 5. The molecule has 3 heteroatoms. The first kappa shape index (κ1) is 14.8. The maximum absolute atomic E-state index is 6.27. The summed E-state index contributed by atoms with van der Waals surface area (Å²) in [5.74, 6) is 1.94. The van der Waals surface area contributed by atoms with E-state index in [1.807, 2.05) is 12.1 Å². The van der Waals surface area contributed by atoms with Crippen molar-refractivity contribution in [1.29, 1.82) is 0 Å². The number of ether oxygens (including phenoxy) is 1. The van der Waals surface area contributed by atoms with Gasteiger partial charge in [-0.1, -0.05) is 29.8 Å². The van der Waals surface area contributed by atoms with E-state index in [0.717, 1.165) is 16.6 Å². The van der Waals surface area contributed by atoms with Gasteiger partial charge in [-0.05, 0) is 48.9 Å². The summed E-state index contributed by atoms with van der Waals surface area (Å²) in [7, 11) is 1.69. The van der Waals surface area contributed by atoms with Crippen LogP contribution < -0.4 is 4.74 Å². The van der Waals surface area contributed by atoms with Gasteiger partial charge in [-0.15, -0.1) is 11.6 Å². The van der Waals surface area contributed by atoms with E-state index in [9.17, 15) is 0 Å². The summed E-state index contributed by atoms with van der Waals surface area (Å²) in [5.41, 5.74) is 1.26. The van der Waals surface area contributed by atoms with Gasteiger partial charge in [0.05, 0.1) is 7.11 Å². The number of hydrogen-bond acceptors (Lipinski definition) is 1. The highest BCUT2D eigenvalue weighted by Crippen LogP contribution is 2.30. The lowest BCUT2D eigenvalue weighted by molar-refractivity contribution is 0.374. The van der Waals surface area contributed by atoms with E-state index < -0.39 is 0 Å². The van der Waals surface area contributed by atoms with Crippen molar-refractivity contribution in [1.82, 2.24) is 0 Å². The lowest BCUT2D eigenvalue weighted by Crippen LogP contribution is -2.20. The molecule has 0 aliphatic heterocycles. The van der Waals surface area contributed by atoms with Crippen molar-refractivity contribution in [2.75, 3.05) is 7.11 Å². The van der Waals surface area contributed by atoms with Crippen molar-refractivity contribution < 1.29 is 4.74 Å². The lowest BCUT2D eigenvalue weighted by atomic mass is 9.87. The second kappa shape index (κ2) is 6.65. The molecule has 17 heavy (non-hydrogen) atoms. The molecule has 0 aliphatic carbocycles. The Labute approximate surface area is 118 Å². The number of halogens is 2. The predicted octanol–water partition coefficient (Wildman–Crippen LogP) is 4.90. The molecule has 96 valence electrons. The quantitative estimate of drug-likeness (QED) is 0.701. The van der Waals surface area contributed by atoms with Crippen LogP contribution in [0.5, 0.6) is 5.75 Å². The van der Waals surface area contributed by atoms with Crippen molar-refractivity contribution in [3.63, 3.8) is 0 Å². The number of benzene rings is 1. The van der Waals surface area contributed by atoms with Crippen LogP contribution in [-0.4, -0.2) is 12.5 Å². The van der Waals surface area contributed by atoms with Gasteiger partial charge in [0.25, 0.3) is 0 Å². The topological polar surface area (TPSA) is 9.23 Å². The first-order chi connectivity index (χ1) is 7.95. The fourth-order valence-corrected chi connectivity index (χ4v) is 2.81. The molecule has 0 fully saturated rings. The van der Waals surface area contributed by atoms with Crippen LogP contribution in [0.4, 0.5) is 0 Å². The van der Waals surface area contributed by atoms with Gasteiger partial charge in [0.15, 0.2) is 0 Å². The Morgan fingerprint density at radius 1 is 1.29 bits per heavy atom. The van der Waals surface area contributed by atoms with E-state index in [1.165, 1.54) is 5.56 Å². The summed E-state index contributed by atoms with van der Waals surface area (Å²) in [4.78, 5) is 0. The Balaban J connectivity index is 2.92. The van der Waals surface area contributed by atoms with Crippen LogP contribution in [0, 0.1) is 11.8 Å². The van der Waals surface area contributed by atoms with Gasteiger partial charge in [-0.2, -0.15) is 0 Å². The average Bonchev–Trinajstić information content (AvgIpc) is 2.27. The van der Waals surface area contributed by atoms with Crippen LogP contribution in [-0.2, 0) is 6.42 Å². The summed E-state index contributed by atoms with van der Waals surface area (Å²) >= 11 is 9.86. The standard InChI is InChI=1S/C14H20BrClO/c1-9(2)13(10(3)16)8-11-7-12(17-4)5-6-14(11)15/h5-7,9-10,13H,8H2,1-4H3. The Morgan fingerprint density at radius 3 is 2.41 bits per heavy atom. The molecule has 0 aliphatic rings. The van der Waals surface area contributed by atoms with Gasteiger partial charge in [0, 0.05) is 9.85 Å². The summed E-state index contributed by atoms with van der Waals surface area (Å²) < 4.78 is 6.38. The zero-order chi connectivity index (χ0) is 13.0. The number of hydrogen-bond donors (Lipinski definition) is 0. The van der Waals surface area contributed by atoms with Crippen LogP contribution in [0.3, 0.4) is 0 Å². The molecule has 1 aromatic carbocycles. The monoisotopic (exact) mass is 318 g/mol. The van der Waals surface area contributed by atoms with Gasteiger partial charge >= 0.3 is 0 Å². The molecule has 0 spiro atoms. The normalized spacial score (nSPS) is 14.8. The van der Waals surface area contributed by atoms with E-state index in [4.69, 9.17) is 16.3 Å². The SMILES string of the molecule is COc1ccc(Br)c(CC(C(C)C)C(C)Cl)c1. The highest BCUT2D eigenvalue weighted by molar-refractivity contribution is 9.10. The minimum Gasteiger partial charge on any atom is -0.497 e. The number of methoxy groups -OCH3 is 1. The van der Waals surface area contributed by atoms with Crippen LogP contribution >= 0.6 is 27.5 Å². The zero-order valence-electron chi connectivity index (χ0n) is 10.8. The highest BCUT2D eigenvalue weighted by Gasteiger charge is 2.20. The Bertz CT molecular complexity index is 355. The van der Waals surface area contributed by atoms with Gasteiger partial charge in [0.2, 0.25) is 0 Å². The molecular formula is C14H20BrClO. The molecular weight excluding hydrogens is 300 g/mol. The van der Waals surface area contributed by atoms with E-state index in [-0.39, 0.29) is 5.38 Å². The minimum atomic E-state index is 0.174. The van der Waals surface area contributed by atoms with Crippen LogP contribution in [0.15, 0.2) is 22.7 Å². The van der Waals surface area contributed by atoms with Crippen molar-refractivity contribution in [3.8, 4) is 5.75 Å². The Kier molecular flexibility index (Phi) is 5.81. The summed E-state index contributed by atoms with van der Waals surface area (Å²) in [6, 6.07) is 6.07. The fraction of sp³-hybridized carbons (Fsp3) is 0.571. The first-order valence-corrected chi connectivity index (χ1v) is 7.15. The smallest absolute Gasteiger partial charge is 0.119 e. The summed E-state index contributed by atoms with van der Waals surface area (Å²) in [6.07, 6.45) is 0.972. The Morgan fingerprint density at radius 2 is 1.94 bits per heavy atom. The second-order valence-corrected chi connectivity index (χ2v) is 6.29. The first-order valence-electron chi connectivity index (χ1n) is 5.92. The van der Waals surface area contributed by atoms with Gasteiger partial charge < -0.3 is 4.74 Å². The van der Waals surface area contributed by atoms with E-state index in [2.05, 4.69) is 42.8 Å². The third-order valence-corrected chi connectivity index (χ3v) is 4.25. The number of alkyl halides is 1. The van der Waals surface area contributed by atoms with Gasteiger partial charge in [-0.25, -0.2) is 0 Å². The molecule has 0 radical (unpaired) electrons. The van der Waals surface area contributed by atoms with E-state index in [0.29, 0.717) is 11.8 Å². The van der Waals surface area contributed by atoms with Gasteiger partial charge in [-0.3, -0.25) is 0 Å². The molecule has 0 bridgehead atoms. The van der Waals surface area contributed by atoms with E-state index in [1.54, 1.807) is 7.11 Å². The largest absolute Gasteiger partial charge is 0.497 e. The lowest BCUT2D eigenvalue weighted by Gasteiger charge is -2.24. The van der Waals surface area contributed by atoms with E-state index >= 15 is 0 Å². The van der Waals surface area contributed by atoms with Crippen molar-refractivity contribution >= 4 is 27.5 Å². The Hall–Kier alpha value is -0.210. The molecule has 0 heterocycles. The summed E-state index contributed by atoms with van der Waals surface area (Å²) in [6.45, 7) is 6.51. The molecule has 2 unspecified atom stereocenters. The van der Waals surface area contributed by atoms with Crippen LogP contribution in [0.1, 0.15) is 26.3 Å². The highest BCUT2D eigenvalue weighted by atomic mass is 79.9. The van der Waals surface area contributed by atoms with Crippen molar-refractivity contribution in [2.24, 2.45) is 11.8 Å².